The lowest BCUT2D eigenvalue weighted by molar-refractivity contribution is 0.394. The van der Waals surface area contributed by atoms with E-state index in [-0.39, 0.29) is 0 Å². The summed E-state index contributed by atoms with van der Waals surface area (Å²) in [6, 6.07) is 9.07. The molecule has 2 heteroatoms. The van der Waals surface area contributed by atoms with Crippen LogP contribution in [0.2, 0.25) is 0 Å². The molecule has 0 bridgehead atoms. The summed E-state index contributed by atoms with van der Waals surface area (Å²) in [4.78, 5) is 2.23. The molecule has 0 aliphatic heterocycles. The van der Waals surface area contributed by atoms with E-state index in [4.69, 9.17) is 0 Å². The minimum absolute atomic E-state index is 0.865. The molecule has 94 valence electrons. The Labute approximate surface area is 105 Å². The van der Waals surface area contributed by atoms with Crippen LogP contribution in [0.1, 0.15) is 36.3 Å². The first kappa shape index (κ1) is 12.6. The van der Waals surface area contributed by atoms with E-state index < -0.39 is 0 Å². The molecule has 1 aromatic rings. The Bertz CT molecular complexity index is 343. The van der Waals surface area contributed by atoms with Gasteiger partial charge in [-0.1, -0.05) is 24.3 Å². The molecule has 0 saturated heterocycles. The fraction of sp³-hybridized carbons (Fsp3) is 0.600. The quantitative estimate of drug-likeness (QED) is 0.727. The maximum atomic E-state index is 3.52. The summed E-state index contributed by atoms with van der Waals surface area (Å²) >= 11 is 0. The average Bonchev–Trinajstić information content (AvgIpc) is 3.12. The first-order valence-corrected chi connectivity index (χ1v) is 6.70. The van der Waals surface area contributed by atoms with E-state index in [9.17, 15) is 0 Å². The predicted octanol–water partition coefficient (Wildman–Crippen LogP) is 2.61. The van der Waals surface area contributed by atoms with Gasteiger partial charge in [-0.05, 0) is 63.5 Å². The summed E-state index contributed by atoms with van der Waals surface area (Å²) < 4.78 is 0. The van der Waals surface area contributed by atoms with Gasteiger partial charge in [0.05, 0.1) is 0 Å². The molecule has 2 rings (SSSR count). The average molecular weight is 232 g/mol. The highest BCUT2D eigenvalue weighted by atomic mass is 15.0. The van der Waals surface area contributed by atoms with Gasteiger partial charge >= 0.3 is 0 Å². The molecule has 1 aromatic carbocycles. The van der Waals surface area contributed by atoms with E-state index >= 15 is 0 Å². The Balaban J connectivity index is 1.69. The van der Waals surface area contributed by atoms with Crippen LogP contribution in [0.15, 0.2) is 24.3 Å². The molecule has 1 saturated carbocycles. The van der Waals surface area contributed by atoms with Crippen molar-refractivity contribution in [3.63, 3.8) is 0 Å². The lowest BCUT2D eigenvalue weighted by Gasteiger charge is -2.10. The summed E-state index contributed by atoms with van der Waals surface area (Å²) in [5.41, 5.74) is 2.97. The van der Waals surface area contributed by atoms with Crippen molar-refractivity contribution >= 4 is 0 Å². The van der Waals surface area contributed by atoms with Gasteiger partial charge < -0.3 is 10.2 Å². The van der Waals surface area contributed by atoms with Crippen LogP contribution in [-0.2, 0) is 6.54 Å². The van der Waals surface area contributed by atoms with Crippen LogP contribution in [0.3, 0.4) is 0 Å². The first-order valence-electron chi connectivity index (χ1n) is 6.70. The molecule has 1 aliphatic rings. The Morgan fingerprint density at radius 2 is 2.12 bits per heavy atom. The zero-order chi connectivity index (χ0) is 12.1. The fourth-order valence-corrected chi connectivity index (χ4v) is 2.13. The van der Waals surface area contributed by atoms with Gasteiger partial charge in [-0.25, -0.2) is 0 Å². The number of nitrogens with zero attached hydrogens (tertiary/aromatic N) is 1. The highest BCUT2D eigenvalue weighted by molar-refractivity contribution is 5.29. The van der Waals surface area contributed by atoms with Crippen LogP contribution in [0.25, 0.3) is 0 Å². The van der Waals surface area contributed by atoms with E-state index in [1.165, 1.54) is 30.4 Å². The number of benzene rings is 1. The number of hydrogen-bond acceptors (Lipinski definition) is 2. The Morgan fingerprint density at radius 1 is 1.29 bits per heavy atom. The molecule has 0 heterocycles. The summed E-state index contributed by atoms with van der Waals surface area (Å²) in [5.74, 6) is 0.865. The third-order valence-electron chi connectivity index (χ3n) is 3.29. The van der Waals surface area contributed by atoms with E-state index in [2.05, 4.69) is 48.6 Å². The van der Waals surface area contributed by atoms with Gasteiger partial charge in [0.15, 0.2) is 0 Å². The Morgan fingerprint density at radius 3 is 2.82 bits per heavy atom. The molecule has 0 atom stereocenters. The Hall–Kier alpha value is -0.860. The second-order valence-corrected chi connectivity index (χ2v) is 5.35. The normalized spacial score (nSPS) is 15.5. The van der Waals surface area contributed by atoms with E-state index in [0.29, 0.717) is 0 Å². The molecule has 1 N–H and O–H groups in total. The standard InChI is InChI=1S/C15H24N2/c1-17(2)10-4-9-16-12-13-5-3-6-15(11-13)14-7-8-14/h3,5-6,11,14,16H,4,7-10,12H2,1-2H3. The maximum Gasteiger partial charge on any atom is 0.0205 e. The second-order valence-electron chi connectivity index (χ2n) is 5.35. The van der Waals surface area contributed by atoms with Gasteiger partial charge in [0, 0.05) is 6.54 Å². The number of rotatable bonds is 7. The molecule has 1 fully saturated rings. The molecule has 0 radical (unpaired) electrons. The monoisotopic (exact) mass is 232 g/mol. The largest absolute Gasteiger partial charge is 0.313 e. The lowest BCUT2D eigenvalue weighted by Crippen LogP contribution is -2.21. The van der Waals surface area contributed by atoms with Crippen LogP contribution in [0, 0.1) is 0 Å². The third-order valence-corrected chi connectivity index (χ3v) is 3.29. The van der Waals surface area contributed by atoms with Crippen LogP contribution in [0.5, 0.6) is 0 Å². The molecule has 1 aliphatic carbocycles. The number of hydrogen-bond donors (Lipinski definition) is 1. The molecule has 17 heavy (non-hydrogen) atoms. The number of nitrogens with one attached hydrogen (secondary N) is 1. The van der Waals surface area contributed by atoms with Crippen molar-refractivity contribution < 1.29 is 0 Å². The van der Waals surface area contributed by atoms with Gasteiger partial charge in [0.25, 0.3) is 0 Å². The summed E-state index contributed by atoms with van der Waals surface area (Å²) in [6.45, 7) is 3.27. The zero-order valence-corrected chi connectivity index (χ0v) is 11.1. The maximum absolute atomic E-state index is 3.52. The fourth-order valence-electron chi connectivity index (χ4n) is 2.13. The predicted molar refractivity (Wildman–Crippen MR) is 73.3 cm³/mol. The molecule has 2 nitrogen and oxygen atoms in total. The van der Waals surface area contributed by atoms with Crippen LogP contribution < -0.4 is 5.32 Å². The van der Waals surface area contributed by atoms with Crippen molar-refractivity contribution in [2.24, 2.45) is 0 Å². The lowest BCUT2D eigenvalue weighted by atomic mass is 10.1. The molecular weight excluding hydrogens is 208 g/mol. The van der Waals surface area contributed by atoms with Crippen molar-refractivity contribution in [1.29, 1.82) is 0 Å². The van der Waals surface area contributed by atoms with Gasteiger partial charge in [-0.2, -0.15) is 0 Å². The van der Waals surface area contributed by atoms with E-state index in [1.54, 1.807) is 0 Å². The SMILES string of the molecule is CN(C)CCCNCc1cccc(C2CC2)c1. The van der Waals surface area contributed by atoms with Crippen LogP contribution in [-0.4, -0.2) is 32.1 Å². The third kappa shape index (κ3) is 4.49. The highest BCUT2D eigenvalue weighted by Gasteiger charge is 2.23. The second kappa shape index (κ2) is 6.18. The van der Waals surface area contributed by atoms with Crippen molar-refractivity contribution in [2.45, 2.75) is 31.7 Å². The van der Waals surface area contributed by atoms with Gasteiger partial charge in [0.1, 0.15) is 0 Å². The molecule has 0 spiro atoms. The van der Waals surface area contributed by atoms with E-state index in [1.807, 2.05) is 0 Å². The van der Waals surface area contributed by atoms with Crippen LogP contribution in [0.4, 0.5) is 0 Å². The Kier molecular flexibility index (Phi) is 4.57. The van der Waals surface area contributed by atoms with Gasteiger partial charge in [0.2, 0.25) is 0 Å². The van der Waals surface area contributed by atoms with Crippen LogP contribution >= 0.6 is 0 Å². The topological polar surface area (TPSA) is 15.3 Å². The van der Waals surface area contributed by atoms with Crippen molar-refractivity contribution in [3.05, 3.63) is 35.4 Å². The van der Waals surface area contributed by atoms with Gasteiger partial charge in [-0.15, -0.1) is 0 Å². The minimum Gasteiger partial charge on any atom is -0.313 e. The molecular formula is C15H24N2. The minimum atomic E-state index is 0.865. The van der Waals surface area contributed by atoms with Crippen molar-refractivity contribution in [1.82, 2.24) is 10.2 Å². The molecule has 0 aromatic heterocycles. The summed E-state index contributed by atoms with van der Waals surface area (Å²) in [5, 5.41) is 3.52. The highest BCUT2D eigenvalue weighted by Crippen LogP contribution is 2.40. The summed E-state index contributed by atoms with van der Waals surface area (Å²) in [7, 11) is 4.25. The zero-order valence-electron chi connectivity index (χ0n) is 11.1. The smallest absolute Gasteiger partial charge is 0.0205 e. The summed E-state index contributed by atoms with van der Waals surface area (Å²) in [6.07, 6.45) is 3.99. The molecule has 0 amide bonds. The van der Waals surface area contributed by atoms with Crippen molar-refractivity contribution in [3.8, 4) is 0 Å². The van der Waals surface area contributed by atoms with E-state index in [0.717, 1.165) is 25.6 Å². The first-order chi connectivity index (χ1) is 8.25. The van der Waals surface area contributed by atoms with Crippen molar-refractivity contribution in [2.75, 3.05) is 27.2 Å². The molecule has 0 unspecified atom stereocenters. The van der Waals surface area contributed by atoms with Gasteiger partial charge in [-0.3, -0.25) is 0 Å².